The fraction of sp³-hybridized carbons (Fsp3) is 0.0714. The zero-order chi connectivity index (χ0) is 14.0. The van der Waals surface area contributed by atoms with E-state index in [1.54, 1.807) is 13.0 Å². The molecular weight excluding hydrogens is 244 g/mol. The highest BCUT2D eigenvalue weighted by molar-refractivity contribution is 5.95. The van der Waals surface area contributed by atoms with Gasteiger partial charge in [0.2, 0.25) is 0 Å². The molecule has 2 rings (SSSR count). The average molecular weight is 254 g/mol. The number of nitrogens with zero attached hydrogens (tertiary/aromatic N) is 2. The van der Waals surface area contributed by atoms with Gasteiger partial charge in [-0.15, -0.1) is 0 Å². The Labute approximate surface area is 109 Å². The number of aromatic carboxylic acids is 1. The molecular formula is C14H10N2O3. The summed E-state index contributed by atoms with van der Waals surface area (Å²) in [4.78, 5) is 15.4. The van der Waals surface area contributed by atoms with Gasteiger partial charge in [-0.3, -0.25) is 4.98 Å². The van der Waals surface area contributed by atoms with Crippen molar-refractivity contribution in [3.05, 3.63) is 47.2 Å². The molecule has 0 aliphatic heterocycles. The SMILES string of the molecule is Cc1ccc(C(=O)O)c(-c2ccc(O)c(C#N)c2)n1. The van der Waals surface area contributed by atoms with Gasteiger partial charge in [-0.2, -0.15) is 5.26 Å². The summed E-state index contributed by atoms with van der Waals surface area (Å²) in [5, 5.41) is 27.5. The predicted octanol–water partition coefficient (Wildman–Crippen LogP) is 2.33. The maximum absolute atomic E-state index is 11.2. The van der Waals surface area contributed by atoms with Crippen LogP contribution < -0.4 is 0 Å². The summed E-state index contributed by atoms with van der Waals surface area (Å²) >= 11 is 0. The summed E-state index contributed by atoms with van der Waals surface area (Å²) in [6.07, 6.45) is 0. The molecule has 0 aliphatic carbocycles. The van der Waals surface area contributed by atoms with Crippen molar-refractivity contribution in [3.63, 3.8) is 0 Å². The number of benzene rings is 1. The van der Waals surface area contributed by atoms with Crippen LogP contribution in [0.5, 0.6) is 5.75 Å². The molecule has 2 aromatic rings. The number of carboxylic acids is 1. The third kappa shape index (κ3) is 2.38. The van der Waals surface area contributed by atoms with Crippen molar-refractivity contribution in [2.75, 3.05) is 0 Å². The van der Waals surface area contributed by atoms with E-state index >= 15 is 0 Å². The molecule has 19 heavy (non-hydrogen) atoms. The summed E-state index contributed by atoms with van der Waals surface area (Å²) in [5.74, 6) is -1.23. The minimum absolute atomic E-state index is 0.0557. The van der Waals surface area contributed by atoms with Crippen LogP contribution in [0.25, 0.3) is 11.3 Å². The first-order valence-electron chi connectivity index (χ1n) is 5.47. The number of pyridine rings is 1. The smallest absolute Gasteiger partial charge is 0.337 e. The van der Waals surface area contributed by atoms with Crippen LogP contribution in [-0.4, -0.2) is 21.2 Å². The number of carboxylic acid groups (broad SMARTS) is 1. The molecule has 2 N–H and O–H groups in total. The number of hydrogen-bond donors (Lipinski definition) is 2. The van der Waals surface area contributed by atoms with E-state index in [0.717, 1.165) is 0 Å². The first kappa shape index (κ1) is 12.6. The topological polar surface area (TPSA) is 94.2 Å². The molecule has 0 amide bonds. The maximum atomic E-state index is 11.2. The van der Waals surface area contributed by atoms with E-state index in [9.17, 15) is 9.90 Å². The molecule has 0 radical (unpaired) electrons. The summed E-state index contributed by atoms with van der Waals surface area (Å²) in [6.45, 7) is 1.75. The second-order valence-electron chi connectivity index (χ2n) is 4.00. The first-order chi connectivity index (χ1) is 9.02. The molecule has 94 valence electrons. The number of phenols is 1. The van der Waals surface area contributed by atoms with Crippen molar-refractivity contribution in [2.45, 2.75) is 6.92 Å². The summed E-state index contributed by atoms with van der Waals surface area (Å²) in [6, 6.07) is 9.23. The molecule has 0 atom stereocenters. The number of nitriles is 1. The third-order valence-electron chi connectivity index (χ3n) is 2.66. The fourth-order valence-electron chi connectivity index (χ4n) is 1.72. The van der Waals surface area contributed by atoms with Gasteiger partial charge >= 0.3 is 5.97 Å². The lowest BCUT2D eigenvalue weighted by Gasteiger charge is -2.07. The van der Waals surface area contributed by atoms with E-state index in [2.05, 4.69) is 4.98 Å². The number of aryl methyl sites for hydroxylation is 1. The number of phenolic OH excluding ortho intramolecular Hbond substituents is 1. The van der Waals surface area contributed by atoms with Crippen LogP contribution in [-0.2, 0) is 0 Å². The molecule has 1 aromatic carbocycles. The Kier molecular flexibility index (Phi) is 3.17. The van der Waals surface area contributed by atoms with Gasteiger partial charge in [0, 0.05) is 11.3 Å². The van der Waals surface area contributed by atoms with E-state index < -0.39 is 5.97 Å². The van der Waals surface area contributed by atoms with Crippen LogP contribution in [0.4, 0.5) is 0 Å². The van der Waals surface area contributed by atoms with E-state index in [4.69, 9.17) is 10.4 Å². The quantitative estimate of drug-likeness (QED) is 0.857. The van der Waals surface area contributed by atoms with Gasteiger partial charge in [0.25, 0.3) is 0 Å². The number of carbonyl (C=O) groups is 1. The first-order valence-corrected chi connectivity index (χ1v) is 5.47. The van der Waals surface area contributed by atoms with Crippen LogP contribution in [0.2, 0.25) is 0 Å². The predicted molar refractivity (Wildman–Crippen MR) is 67.7 cm³/mol. The van der Waals surface area contributed by atoms with Gasteiger partial charge in [0.15, 0.2) is 0 Å². The average Bonchev–Trinajstić information content (AvgIpc) is 2.38. The van der Waals surface area contributed by atoms with E-state index in [0.29, 0.717) is 11.3 Å². The third-order valence-corrected chi connectivity index (χ3v) is 2.66. The van der Waals surface area contributed by atoms with Crippen molar-refractivity contribution in [1.29, 1.82) is 5.26 Å². The van der Waals surface area contributed by atoms with Crippen LogP contribution in [0.1, 0.15) is 21.6 Å². The van der Waals surface area contributed by atoms with Crippen LogP contribution in [0, 0.1) is 18.3 Å². The second kappa shape index (κ2) is 4.78. The minimum Gasteiger partial charge on any atom is -0.507 e. The number of hydrogen-bond acceptors (Lipinski definition) is 4. The zero-order valence-corrected chi connectivity index (χ0v) is 10.1. The van der Waals surface area contributed by atoms with Crippen molar-refractivity contribution in [2.24, 2.45) is 0 Å². The maximum Gasteiger partial charge on any atom is 0.337 e. The lowest BCUT2D eigenvalue weighted by Crippen LogP contribution is -2.02. The van der Waals surface area contributed by atoms with Crippen LogP contribution >= 0.6 is 0 Å². The highest BCUT2D eigenvalue weighted by Gasteiger charge is 2.14. The van der Waals surface area contributed by atoms with E-state index in [-0.39, 0.29) is 22.6 Å². The van der Waals surface area contributed by atoms with Gasteiger partial charge in [-0.1, -0.05) is 0 Å². The molecule has 1 heterocycles. The van der Waals surface area contributed by atoms with Gasteiger partial charge in [-0.25, -0.2) is 4.79 Å². The largest absolute Gasteiger partial charge is 0.507 e. The highest BCUT2D eigenvalue weighted by Crippen LogP contribution is 2.27. The van der Waals surface area contributed by atoms with E-state index in [1.807, 2.05) is 6.07 Å². The molecule has 5 nitrogen and oxygen atoms in total. The molecule has 5 heteroatoms. The molecule has 0 fully saturated rings. The van der Waals surface area contributed by atoms with Crippen LogP contribution in [0.15, 0.2) is 30.3 Å². The normalized spacial score (nSPS) is 9.89. The summed E-state index contributed by atoms with van der Waals surface area (Å²) in [7, 11) is 0. The minimum atomic E-state index is -1.09. The van der Waals surface area contributed by atoms with Gasteiger partial charge < -0.3 is 10.2 Å². The number of aromatic nitrogens is 1. The Morgan fingerprint density at radius 2 is 2.05 bits per heavy atom. The fourth-order valence-corrected chi connectivity index (χ4v) is 1.72. The van der Waals surface area contributed by atoms with Crippen molar-refractivity contribution in [3.8, 4) is 23.1 Å². The Hall–Kier alpha value is -2.87. The molecule has 1 aromatic heterocycles. The monoisotopic (exact) mass is 254 g/mol. The van der Waals surface area contributed by atoms with E-state index in [1.165, 1.54) is 24.3 Å². The molecule has 0 aliphatic rings. The van der Waals surface area contributed by atoms with Crippen LogP contribution in [0.3, 0.4) is 0 Å². The van der Waals surface area contributed by atoms with Crippen molar-refractivity contribution < 1.29 is 15.0 Å². The second-order valence-corrected chi connectivity index (χ2v) is 4.00. The molecule has 0 unspecified atom stereocenters. The van der Waals surface area contributed by atoms with Gasteiger partial charge in [0.05, 0.1) is 16.8 Å². The zero-order valence-electron chi connectivity index (χ0n) is 10.1. The van der Waals surface area contributed by atoms with Crippen molar-refractivity contribution >= 4 is 5.97 Å². The van der Waals surface area contributed by atoms with Gasteiger partial charge in [-0.05, 0) is 37.3 Å². The standard InChI is InChI=1S/C14H10N2O3/c1-8-2-4-11(14(18)19)13(16-8)9-3-5-12(17)10(6-9)7-15/h2-6,17H,1H3,(H,18,19). The highest BCUT2D eigenvalue weighted by atomic mass is 16.4. The summed E-state index contributed by atoms with van der Waals surface area (Å²) < 4.78 is 0. The van der Waals surface area contributed by atoms with Crippen molar-refractivity contribution in [1.82, 2.24) is 4.98 Å². The molecule has 0 spiro atoms. The Bertz CT molecular complexity index is 702. The molecule has 0 saturated heterocycles. The Morgan fingerprint density at radius 3 is 2.68 bits per heavy atom. The summed E-state index contributed by atoms with van der Waals surface area (Å²) in [5.41, 5.74) is 1.57. The lowest BCUT2D eigenvalue weighted by molar-refractivity contribution is 0.0697. The number of rotatable bonds is 2. The van der Waals surface area contributed by atoms with Gasteiger partial charge in [0.1, 0.15) is 11.8 Å². The Balaban J connectivity index is 2.68. The molecule has 0 bridgehead atoms. The number of aromatic hydroxyl groups is 1. The lowest BCUT2D eigenvalue weighted by atomic mass is 10.0. The Morgan fingerprint density at radius 1 is 1.32 bits per heavy atom. The molecule has 0 saturated carbocycles.